The summed E-state index contributed by atoms with van der Waals surface area (Å²) < 4.78 is 7.16. The van der Waals surface area contributed by atoms with Gasteiger partial charge in [-0.3, -0.25) is 4.57 Å². The molecule has 0 saturated carbocycles. The van der Waals surface area contributed by atoms with E-state index in [0.29, 0.717) is 0 Å². The number of aromatic nitrogens is 1. The molecule has 5 aromatic rings. The molecule has 0 radical (unpaired) electrons. The van der Waals surface area contributed by atoms with Crippen molar-refractivity contribution in [3.63, 3.8) is 0 Å². The van der Waals surface area contributed by atoms with Gasteiger partial charge in [0.1, 0.15) is 5.60 Å². The van der Waals surface area contributed by atoms with E-state index in [1.54, 1.807) is 22.1 Å². The number of hydrogen-bond acceptors (Lipinski definition) is 3. The minimum absolute atomic E-state index is 0.370. The van der Waals surface area contributed by atoms with E-state index in [0.717, 1.165) is 16.6 Å². The van der Waals surface area contributed by atoms with Gasteiger partial charge in [-0.05, 0) is 83.6 Å². The minimum atomic E-state index is -0.545. The Hall–Kier alpha value is -3.37. The maximum atomic E-state index is 12.7. The lowest BCUT2D eigenvalue weighted by Gasteiger charge is -2.20. The van der Waals surface area contributed by atoms with Crippen molar-refractivity contribution >= 4 is 39.0 Å². The Balaban J connectivity index is 1.69. The first-order valence-corrected chi connectivity index (χ1v) is 11.2. The van der Waals surface area contributed by atoms with Gasteiger partial charge in [-0.2, -0.15) is 0 Å². The molecule has 0 N–H and O–H groups in total. The van der Waals surface area contributed by atoms with Crippen LogP contribution in [-0.2, 0) is 4.74 Å². The molecule has 5 rings (SSSR count). The first kappa shape index (κ1) is 19.6. The number of hydrogen-bond donors (Lipinski definition) is 0. The SMILES string of the molecule is CC(C)(C)OC(=O)n1cccc1-c1ccc2c(-c3cccs3)c3ccccc3cc2c1. The van der Waals surface area contributed by atoms with Crippen LogP contribution in [0, 0.1) is 0 Å². The third-order valence-electron chi connectivity index (χ3n) is 5.26. The molecule has 0 spiro atoms. The van der Waals surface area contributed by atoms with Crippen molar-refractivity contribution in [2.24, 2.45) is 0 Å². The van der Waals surface area contributed by atoms with Crippen molar-refractivity contribution in [3.8, 4) is 21.7 Å². The van der Waals surface area contributed by atoms with Crippen molar-refractivity contribution in [2.45, 2.75) is 26.4 Å². The summed E-state index contributed by atoms with van der Waals surface area (Å²) in [6.45, 7) is 5.63. The molecular weight excluding hydrogens is 402 g/mol. The van der Waals surface area contributed by atoms with Gasteiger partial charge in [0.25, 0.3) is 0 Å². The van der Waals surface area contributed by atoms with Gasteiger partial charge >= 0.3 is 6.09 Å². The van der Waals surface area contributed by atoms with E-state index < -0.39 is 5.60 Å². The average molecular weight is 426 g/mol. The standard InChI is InChI=1S/C27H23NO2S/c1-27(2,3)30-26(29)28-14-6-10-23(28)19-12-13-22-20(17-19)16-18-8-4-5-9-21(18)25(22)24-11-7-15-31-24/h4-17H,1-3H3. The highest BCUT2D eigenvalue weighted by atomic mass is 32.1. The molecule has 0 unspecified atom stereocenters. The minimum Gasteiger partial charge on any atom is -0.443 e. The second-order valence-electron chi connectivity index (χ2n) is 8.63. The number of carbonyl (C=O) groups excluding carboxylic acids is 1. The Morgan fingerprint density at radius 1 is 0.871 bits per heavy atom. The quantitative estimate of drug-likeness (QED) is 0.269. The van der Waals surface area contributed by atoms with Crippen LogP contribution in [0.3, 0.4) is 0 Å². The largest absolute Gasteiger partial charge is 0.443 e. The van der Waals surface area contributed by atoms with E-state index in [4.69, 9.17) is 4.74 Å². The molecule has 2 heterocycles. The van der Waals surface area contributed by atoms with Crippen molar-refractivity contribution < 1.29 is 9.53 Å². The average Bonchev–Trinajstić information content (AvgIpc) is 3.42. The first-order valence-electron chi connectivity index (χ1n) is 10.3. The summed E-state index contributed by atoms with van der Waals surface area (Å²) in [6, 6.07) is 25.2. The second kappa shape index (κ2) is 7.40. The molecule has 3 nitrogen and oxygen atoms in total. The normalized spacial score (nSPS) is 11.8. The number of rotatable bonds is 2. The van der Waals surface area contributed by atoms with Gasteiger partial charge in [0, 0.05) is 16.6 Å². The molecule has 0 aliphatic rings. The molecule has 0 amide bonds. The fraction of sp³-hybridized carbons (Fsp3) is 0.148. The summed E-state index contributed by atoms with van der Waals surface area (Å²) in [7, 11) is 0. The van der Waals surface area contributed by atoms with Crippen molar-refractivity contribution in [3.05, 3.63) is 84.4 Å². The molecule has 3 aromatic carbocycles. The molecule has 154 valence electrons. The predicted molar refractivity (Wildman–Crippen MR) is 130 cm³/mol. The zero-order valence-corrected chi connectivity index (χ0v) is 18.6. The van der Waals surface area contributed by atoms with Gasteiger partial charge in [-0.25, -0.2) is 4.79 Å². The van der Waals surface area contributed by atoms with Crippen LogP contribution in [0.25, 0.3) is 43.2 Å². The van der Waals surface area contributed by atoms with Gasteiger partial charge in [0.2, 0.25) is 0 Å². The van der Waals surface area contributed by atoms with Crippen LogP contribution in [0.2, 0.25) is 0 Å². The number of fused-ring (bicyclic) bond motifs is 2. The van der Waals surface area contributed by atoms with Crippen LogP contribution in [0.1, 0.15) is 20.8 Å². The van der Waals surface area contributed by atoms with E-state index in [1.807, 2.05) is 32.9 Å². The summed E-state index contributed by atoms with van der Waals surface area (Å²) in [4.78, 5) is 14.0. The Labute approximate surface area is 185 Å². The van der Waals surface area contributed by atoms with Crippen molar-refractivity contribution in [1.82, 2.24) is 4.57 Å². The van der Waals surface area contributed by atoms with Gasteiger partial charge in [-0.1, -0.05) is 42.5 Å². The van der Waals surface area contributed by atoms with Gasteiger partial charge < -0.3 is 4.74 Å². The van der Waals surface area contributed by atoms with E-state index >= 15 is 0 Å². The Kier molecular flexibility index (Phi) is 4.67. The molecule has 0 saturated heterocycles. The number of nitrogens with zero attached hydrogens (tertiary/aromatic N) is 1. The Morgan fingerprint density at radius 2 is 1.68 bits per heavy atom. The van der Waals surface area contributed by atoms with Crippen molar-refractivity contribution in [2.75, 3.05) is 0 Å². The lowest BCUT2D eigenvalue weighted by atomic mass is 9.94. The zero-order chi connectivity index (χ0) is 21.6. The van der Waals surface area contributed by atoms with E-state index in [-0.39, 0.29) is 6.09 Å². The fourth-order valence-electron chi connectivity index (χ4n) is 4.01. The number of thiophene rings is 1. The van der Waals surface area contributed by atoms with Crippen LogP contribution >= 0.6 is 11.3 Å². The summed E-state index contributed by atoms with van der Waals surface area (Å²) in [5.74, 6) is 0. The zero-order valence-electron chi connectivity index (χ0n) is 17.8. The van der Waals surface area contributed by atoms with Crippen LogP contribution in [0.5, 0.6) is 0 Å². The summed E-state index contributed by atoms with van der Waals surface area (Å²) in [6.07, 6.45) is 1.39. The van der Waals surface area contributed by atoms with Crippen LogP contribution in [-0.4, -0.2) is 16.3 Å². The number of carbonyl (C=O) groups is 1. The highest BCUT2D eigenvalue weighted by Gasteiger charge is 2.20. The molecule has 0 bridgehead atoms. The Morgan fingerprint density at radius 3 is 2.45 bits per heavy atom. The molecule has 0 atom stereocenters. The number of benzene rings is 3. The third kappa shape index (κ3) is 3.64. The van der Waals surface area contributed by atoms with E-state index in [9.17, 15) is 4.79 Å². The molecule has 31 heavy (non-hydrogen) atoms. The van der Waals surface area contributed by atoms with Crippen LogP contribution in [0.15, 0.2) is 84.4 Å². The predicted octanol–water partition coefficient (Wildman–Crippen LogP) is 7.97. The lowest BCUT2D eigenvalue weighted by molar-refractivity contribution is 0.0540. The maximum absolute atomic E-state index is 12.7. The summed E-state index contributed by atoms with van der Waals surface area (Å²) in [5, 5.41) is 6.93. The smallest absolute Gasteiger partial charge is 0.418 e. The monoisotopic (exact) mass is 425 g/mol. The molecular formula is C27H23NO2S. The lowest BCUT2D eigenvalue weighted by Crippen LogP contribution is -2.27. The Bertz CT molecular complexity index is 1400. The third-order valence-corrected chi connectivity index (χ3v) is 6.15. The molecule has 2 aromatic heterocycles. The van der Waals surface area contributed by atoms with E-state index in [2.05, 4.69) is 66.0 Å². The highest BCUT2D eigenvalue weighted by Crippen LogP contribution is 2.39. The first-order chi connectivity index (χ1) is 14.9. The molecule has 0 aliphatic heterocycles. The van der Waals surface area contributed by atoms with Gasteiger partial charge in [0.05, 0.1) is 5.69 Å². The second-order valence-corrected chi connectivity index (χ2v) is 9.58. The number of ether oxygens (including phenoxy) is 1. The fourth-order valence-corrected chi connectivity index (χ4v) is 4.80. The van der Waals surface area contributed by atoms with Gasteiger partial charge in [-0.15, -0.1) is 11.3 Å². The van der Waals surface area contributed by atoms with Crippen LogP contribution < -0.4 is 0 Å². The van der Waals surface area contributed by atoms with Crippen molar-refractivity contribution in [1.29, 1.82) is 0 Å². The molecule has 0 fully saturated rings. The molecule has 4 heteroatoms. The van der Waals surface area contributed by atoms with Crippen LogP contribution in [0.4, 0.5) is 4.79 Å². The highest BCUT2D eigenvalue weighted by molar-refractivity contribution is 7.13. The summed E-state index contributed by atoms with van der Waals surface area (Å²) in [5.41, 5.74) is 2.52. The topological polar surface area (TPSA) is 31.2 Å². The molecule has 0 aliphatic carbocycles. The van der Waals surface area contributed by atoms with Gasteiger partial charge in [0.15, 0.2) is 0 Å². The van der Waals surface area contributed by atoms with E-state index in [1.165, 1.54) is 26.6 Å². The summed E-state index contributed by atoms with van der Waals surface area (Å²) >= 11 is 1.75. The maximum Gasteiger partial charge on any atom is 0.418 e.